The Kier molecular flexibility index (Phi) is 2.56. The molecule has 100 valence electrons. The van der Waals surface area contributed by atoms with E-state index in [4.69, 9.17) is 9.72 Å². The average molecular weight is 258 g/mol. The summed E-state index contributed by atoms with van der Waals surface area (Å²) in [4.78, 5) is 9.32. The standard InChI is InChI=1S/C14H18N4O/c1-19-10-7-12(16-8-10)14-17-11-3-2-6-15-13(11)18(14)9-4-5-9/h2-3,6,9-10,12,16H,4-5,7-8H2,1H3. The number of hydrogen-bond donors (Lipinski definition) is 1. The fraction of sp³-hybridized carbons (Fsp3) is 0.571. The van der Waals surface area contributed by atoms with Crippen LogP contribution in [0.1, 0.15) is 37.2 Å². The topological polar surface area (TPSA) is 52.0 Å². The molecule has 0 bridgehead atoms. The first kappa shape index (κ1) is 11.4. The molecule has 19 heavy (non-hydrogen) atoms. The summed E-state index contributed by atoms with van der Waals surface area (Å²) in [7, 11) is 1.78. The molecule has 5 heteroatoms. The van der Waals surface area contributed by atoms with E-state index in [1.807, 2.05) is 18.3 Å². The number of aromatic nitrogens is 3. The van der Waals surface area contributed by atoms with Gasteiger partial charge in [-0.2, -0.15) is 0 Å². The van der Waals surface area contributed by atoms with Crippen molar-refractivity contribution in [1.82, 2.24) is 19.9 Å². The second-order valence-corrected chi connectivity index (χ2v) is 5.47. The predicted molar refractivity (Wildman–Crippen MR) is 72.0 cm³/mol. The van der Waals surface area contributed by atoms with Gasteiger partial charge in [0.05, 0.1) is 12.1 Å². The van der Waals surface area contributed by atoms with Gasteiger partial charge in [-0.25, -0.2) is 9.97 Å². The highest BCUT2D eigenvalue weighted by molar-refractivity contribution is 5.71. The van der Waals surface area contributed by atoms with Gasteiger partial charge in [0.1, 0.15) is 11.3 Å². The molecule has 2 unspecified atom stereocenters. The molecule has 2 atom stereocenters. The summed E-state index contributed by atoms with van der Waals surface area (Å²) < 4.78 is 7.78. The quantitative estimate of drug-likeness (QED) is 0.912. The first-order valence-electron chi connectivity index (χ1n) is 6.96. The first-order chi connectivity index (χ1) is 9.36. The van der Waals surface area contributed by atoms with Gasteiger partial charge in [-0.15, -0.1) is 0 Å². The van der Waals surface area contributed by atoms with E-state index in [9.17, 15) is 0 Å². The zero-order valence-corrected chi connectivity index (χ0v) is 11.0. The number of nitrogens with one attached hydrogen (secondary N) is 1. The molecule has 0 amide bonds. The third-order valence-electron chi connectivity index (χ3n) is 4.12. The van der Waals surface area contributed by atoms with Crippen molar-refractivity contribution in [2.24, 2.45) is 0 Å². The van der Waals surface area contributed by atoms with Crippen LogP contribution in [0.15, 0.2) is 18.3 Å². The smallest absolute Gasteiger partial charge is 0.160 e. The molecule has 2 aromatic rings. The van der Waals surface area contributed by atoms with E-state index in [0.29, 0.717) is 18.2 Å². The van der Waals surface area contributed by atoms with Crippen molar-refractivity contribution in [3.8, 4) is 0 Å². The van der Waals surface area contributed by atoms with Crippen LogP contribution in [0, 0.1) is 0 Å². The summed E-state index contributed by atoms with van der Waals surface area (Å²) in [5.74, 6) is 1.13. The fourth-order valence-electron chi connectivity index (χ4n) is 2.97. The van der Waals surface area contributed by atoms with Crippen molar-refractivity contribution in [3.05, 3.63) is 24.2 Å². The molecular weight excluding hydrogens is 240 g/mol. The van der Waals surface area contributed by atoms with Gasteiger partial charge in [0.15, 0.2) is 5.65 Å². The first-order valence-corrected chi connectivity index (χ1v) is 6.96. The SMILES string of the molecule is COC1CNC(c2nc3cccnc3n2C2CC2)C1. The molecule has 5 nitrogen and oxygen atoms in total. The Morgan fingerprint density at radius 3 is 3.05 bits per heavy atom. The monoisotopic (exact) mass is 258 g/mol. The second kappa shape index (κ2) is 4.28. The molecule has 2 aliphatic rings. The molecule has 1 aliphatic carbocycles. The summed E-state index contributed by atoms with van der Waals surface area (Å²) >= 11 is 0. The van der Waals surface area contributed by atoms with Gasteiger partial charge in [0, 0.05) is 25.9 Å². The molecule has 1 N–H and O–H groups in total. The van der Waals surface area contributed by atoms with Crippen LogP contribution in [0.2, 0.25) is 0 Å². The predicted octanol–water partition coefficient (Wildman–Crippen LogP) is 1.82. The Labute approximate surface area is 112 Å². The van der Waals surface area contributed by atoms with E-state index < -0.39 is 0 Å². The summed E-state index contributed by atoms with van der Waals surface area (Å²) in [5, 5.41) is 3.52. The lowest BCUT2D eigenvalue weighted by molar-refractivity contribution is 0.117. The summed E-state index contributed by atoms with van der Waals surface area (Å²) in [6.07, 6.45) is 5.63. The van der Waals surface area contributed by atoms with Crippen LogP contribution >= 0.6 is 0 Å². The maximum atomic E-state index is 5.44. The Hall–Kier alpha value is -1.46. The lowest BCUT2D eigenvalue weighted by Crippen LogP contribution is -2.18. The van der Waals surface area contributed by atoms with E-state index in [2.05, 4.69) is 14.9 Å². The number of methoxy groups -OCH3 is 1. The second-order valence-electron chi connectivity index (χ2n) is 5.47. The Morgan fingerprint density at radius 2 is 2.32 bits per heavy atom. The van der Waals surface area contributed by atoms with Gasteiger partial charge >= 0.3 is 0 Å². The Morgan fingerprint density at radius 1 is 1.42 bits per heavy atom. The molecule has 0 aromatic carbocycles. The summed E-state index contributed by atoms with van der Waals surface area (Å²) in [6.45, 7) is 0.905. The minimum Gasteiger partial charge on any atom is -0.380 e. The lowest BCUT2D eigenvalue weighted by Gasteiger charge is -2.13. The maximum absolute atomic E-state index is 5.44. The summed E-state index contributed by atoms with van der Waals surface area (Å²) in [6, 6.07) is 4.89. The summed E-state index contributed by atoms with van der Waals surface area (Å²) in [5.41, 5.74) is 2.04. The fourth-order valence-corrected chi connectivity index (χ4v) is 2.97. The van der Waals surface area contributed by atoms with Gasteiger partial charge in [-0.3, -0.25) is 0 Å². The van der Waals surface area contributed by atoms with Crippen LogP contribution in [0.5, 0.6) is 0 Å². The normalized spacial score (nSPS) is 27.2. The van der Waals surface area contributed by atoms with Gasteiger partial charge in [-0.1, -0.05) is 0 Å². The largest absolute Gasteiger partial charge is 0.380 e. The lowest BCUT2D eigenvalue weighted by atomic mass is 10.2. The molecule has 0 radical (unpaired) electrons. The molecule has 2 fully saturated rings. The Balaban J connectivity index is 1.78. The van der Waals surface area contributed by atoms with E-state index >= 15 is 0 Å². The minimum absolute atomic E-state index is 0.291. The van der Waals surface area contributed by atoms with E-state index in [-0.39, 0.29) is 0 Å². The molecule has 1 aliphatic heterocycles. The van der Waals surface area contributed by atoms with E-state index in [1.54, 1.807) is 7.11 Å². The maximum Gasteiger partial charge on any atom is 0.160 e. The number of ether oxygens (including phenoxy) is 1. The third-order valence-corrected chi connectivity index (χ3v) is 4.12. The van der Waals surface area contributed by atoms with Crippen molar-refractivity contribution in [2.75, 3.05) is 13.7 Å². The van der Waals surface area contributed by atoms with Crippen molar-refractivity contribution < 1.29 is 4.74 Å². The number of imidazole rings is 1. The van der Waals surface area contributed by atoms with Crippen molar-refractivity contribution in [3.63, 3.8) is 0 Å². The zero-order chi connectivity index (χ0) is 12.8. The molecule has 4 rings (SSSR count). The van der Waals surface area contributed by atoms with Gasteiger partial charge < -0.3 is 14.6 Å². The van der Waals surface area contributed by atoms with Crippen molar-refractivity contribution in [2.45, 2.75) is 37.5 Å². The van der Waals surface area contributed by atoms with Crippen molar-refractivity contribution in [1.29, 1.82) is 0 Å². The van der Waals surface area contributed by atoms with Gasteiger partial charge in [0.2, 0.25) is 0 Å². The number of rotatable bonds is 3. The average Bonchev–Trinajstić information content (AvgIpc) is 3.05. The van der Waals surface area contributed by atoms with Crippen LogP contribution in [-0.4, -0.2) is 34.3 Å². The molecule has 0 spiro atoms. The van der Waals surface area contributed by atoms with Crippen LogP contribution in [0.3, 0.4) is 0 Å². The van der Waals surface area contributed by atoms with Crippen LogP contribution in [-0.2, 0) is 4.74 Å². The molecular formula is C14H18N4O. The zero-order valence-electron chi connectivity index (χ0n) is 11.0. The number of fused-ring (bicyclic) bond motifs is 1. The van der Waals surface area contributed by atoms with E-state index in [0.717, 1.165) is 30.0 Å². The highest BCUT2D eigenvalue weighted by Gasteiger charge is 2.34. The van der Waals surface area contributed by atoms with Crippen LogP contribution in [0.4, 0.5) is 0 Å². The minimum atomic E-state index is 0.291. The van der Waals surface area contributed by atoms with Crippen molar-refractivity contribution >= 4 is 11.2 Å². The number of pyridine rings is 1. The molecule has 1 saturated carbocycles. The highest BCUT2D eigenvalue weighted by atomic mass is 16.5. The molecule has 3 heterocycles. The highest BCUT2D eigenvalue weighted by Crippen LogP contribution is 2.40. The van der Waals surface area contributed by atoms with E-state index in [1.165, 1.54) is 12.8 Å². The Bertz CT molecular complexity index is 605. The van der Waals surface area contributed by atoms with Crippen LogP contribution < -0.4 is 5.32 Å². The van der Waals surface area contributed by atoms with Gasteiger partial charge in [-0.05, 0) is 31.4 Å². The van der Waals surface area contributed by atoms with Gasteiger partial charge in [0.25, 0.3) is 0 Å². The number of hydrogen-bond acceptors (Lipinski definition) is 4. The molecule has 2 aromatic heterocycles. The van der Waals surface area contributed by atoms with Crippen LogP contribution in [0.25, 0.3) is 11.2 Å². The number of nitrogens with zero attached hydrogens (tertiary/aromatic N) is 3. The molecule has 1 saturated heterocycles. The third kappa shape index (κ3) is 1.84.